The van der Waals surface area contributed by atoms with Gasteiger partial charge in [-0.1, -0.05) is 18.3 Å². The van der Waals surface area contributed by atoms with E-state index in [9.17, 15) is 18.0 Å². The predicted molar refractivity (Wildman–Crippen MR) is 131 cm³/mol. The van der Waals surface area contributed by atoms with E-state index in [4.69, 9.17) is 0 Å². The first-order valence-corrected chi connectivity index (χ1v) is 14.1. The van der Waals surface area contributed by atoms with Crippen LogP contribution >= 0.6 is 11.3 Å². The van der Waals surface area contributed by atoms with Crippen LogP contribution in [-0.4, -0.2) is 67.4 Å². The molecule has 1 N–H and O–H groups in total. The molecule has 2 saturated heterocycles. The quantitative estimate of drug-likeness (QED) is 0.596. The molecule has 0 bridgehead atoms. The summed E-state index contributed by atoms with van der Waals surface area (Å²) in [5, 5.41) is 3.05. The Kier molecular flexibility index (Phi) is 7.57. The van der Waals surface area contributed by atoms with Crippen LogP contribution in [0.5, 0.6) is 0 Å². The normalized spacial score (nSPS) is 21.5. The van der Waals surface area contributed by atoms with E-state index in [0.717, 1.165) is 48.8 Å². The molecular weight excluding hydrogens is 460 g/mol. The third kappa shape index (κ3) is 5.50. The van der Waals surface area contributed by atoms with Crippen molar-refractivity contribution in [3.63, 3.8) is 0 Å². The summed E-state index contributed by atoms with van der Waals surface area (Å²) in [5.74, 6) is 0.650. The molecule has 2 aromatic rings. The van der Waals surface area contributed by atoms with Gasteiger partial charge < -0.3 is 14.8 Å². The van der Waals surface area contributed by atoms with Gasteiger partial charge in [-0.25, -0.2) is 8.42 Å². The van der Waals surface area contributed by atoms with E-state index < -0.39 is 10.0 Å². The smallest absolute Gasteiger partial charge is 0.307 e. The third-order valence-electron chi connectivity index (χ3n) is 6.92. The summed E-state index contributed by atoms with van der Waals surface area (Å²) in [6.07, 6.45) is 4.56. The zero-order valence-electron chi connectivity index (χ0n) is 19.5. The van der Waals surface area contributed by atoms with Crippen molar-refractivity contribution < 1.29 is 13.2 Å². The number of nitrogens with one attached hydrogen (secondary N) is 1. The van der Waals surface area contributed by atoms with Crippen LogP contribution in [-0.2, 0) is 21.9 Å². The van der Waals surface area contributed by atoms with E-state index >= 15 is 0 Å². The largest absolute Gasteiger partial charge is 0.356 e. The van der Waals surface area contributed by atoms with E-state index in [2.05, 4.69) is 17.1 Å². The summed E-state index contributed by atoms with van der Waals surface area (Å²) in [5.41, 5.74) is 0.731. The summed E-state index contributed by atoms with van der Waals surface area (Å²) in [6, 6.07) is 4.83. The minimum atomic E-state index is -3.65. The number of benzene rings is 1. The number of aromatic nitrogens is 1. The van der Waals surface area contributed by atoms with E-state index in [-0.39, 0.29) is 21.6 Å². The van der Waals surface area contributed by atoms with Crippen molar-refractivity contribution in [1.82, 2.24) is 19.1 Å². The van der Waals surface area contributed by atoms with Gasteiger partial charge in [0.05, 0.1) is 15.1 Å². The summed E-state index contributed by atoms with van der Waals surface area (Å²) < 4.78 is 29.9. The van der Waals surface area contributed by atoms with Gasteiger partial charge in [-0.05, 0) is 69.3 Å². The monoisotopic (exact) mass is 494 g/mol. The van der Waals surface area contributed by atoms with Crippen LogP contribution in [0.1, 0.15) is 39.0 Å². The number of sulfonamides is 1. The molecule has 182 valence electrons. The van der Waals surface area contributed by atoms with Gasteiger partial charge in [0.15, 0.2) is 0 Å². The maximum Gasteiger partial charge on any atom is 0.307 e. The second-order valence-electron chi connectivity index (χ2n) is 9.43. The molecule has 0 spiro atoms. The van der Waals surface area contributed by atoms with Crippen molar-refractivity contribution in [1.29, 1.82) is 0 Å². The van der Waals surface area contributed by atoms with Crippen molar-refractivity contribution in [2.75, 3.05) is 39.3 Å². The number of aryl methyl sites for hydroxylation is 1. The number of carbonyl (C=O) groups excluding carboxylic acids is 1. The van der Waals surface area contributed by atoms with Crippen molar-refractivity contribution in [2.24, 2.45) is 18.9 Å². The zero-order valence-corrected chi connectivity index (χ0v) is 21.1. The average molecular weight is 495 g/mol. The van der Waals surface area contributed by atoms with E-state index in [0.29, 0.717) is 37.2 Å². The lowest BCUT2D eigenvalue weighted by molar-refractivity contribution is -0.126. The number of amides is 1. The topological polar surface area (TPSA) is 91.7 Å². The predicted octanol–water partition coefficient (Wildman–Crippen LogP) is 2.24. The van der Waals surface area contributed by atoms with Crippen molar-refractivity contribution in [3.8, 4) is 0 Å². The van der Waals surface area contributed by atoms with Crippen LogP contribution < -0.4 is 10.2 Å². The molecule has 4 rings (SSSR count). The number of thiazole rings is 1. The molecule has 2 aliphatic rings. The van der Waals surface area contributed by atoms with E-state index in [1.54, 1.807) is 25.2 Å². The Morgan fingerprint density at radius 2 is 1.94 bits per heavy atom. The van der Waals surface area contributed by atoms with Gasteiger partial charge in [0.2, 0.25) is 15.9 Å². The van der Waals surface area contributed by atoms with Gasteiger partial charge in [-0.15, -0.1) is 0 Å². The van der Waals surface area contributed by atoms with Crippen LogP contribution in [0.3, 0.4) is 0 Å². The molecule has 3 heterocycles. The summed E-state index contributed by atoms with van der Waals surface area (Å²) in [7, 11) is -1.97. The number of hydrogen-bond donors (Lipinski definition) is 1. The number of fused-ring (bicyclic) bond motifs is 1. The number of likely N-dealkylation sites (tertiary alicyclic amines) is 1. The minimum Gasteiger partial charge on any atom is -0.356 e. The molecule has 33 heavy (non-hydrogen) atoms. The van der Waals surface area contributed by atoms with Crippen molar-refractivity contribution in [3.05, 3.63) is 27.9 Å². The maximum absolute atomic E-state index is 13.1. The Morgan fingerprint density at radius 1 is 1.18 bits per heavy atom. The van der Waals surface area contributed by atoms with Crippen molar-refractivity contribution >= 4 is 37.5 Å². The lowest BCUT2D eigenvalue weighted by Crippen LogP contribution is -2.43. The molecule has 1 aromatic carbocycles. The highest BCUT2D eigenvalue weighted by Gasteiger charge is 2.32. The molecule has 1 aromatic heterocycles. The van der Waals surface area contributed by atoms with E-state index in [1.165, 1.54) is 21.7 Å². The van der Waals surface area contributed by atoms with Gasteiger partial charge >= 0.3 is 4.87 Å². The highest BCUT2D eigenvalue weighted by atomic mass is 32.2. The number of nitrogens with zero attached hydrogens (tertiary/aromatic N) is 3. The van der Waals surface area contributed by atoms with Crippen LogP contribution in [0.15, 0.2) is 27.9 Å². The number of rotatable bonds is 7. The zero-order chi connectivity index (χ0) is 23.6. The third-order valence-corrected chi connectivity index (χ3v) is 9.81. The Bertz CT molecular complexity index is 1150. The standard InChI is InChI=1S/C23H34N4O4S2/c1-17-5-3-11-26(16-17)12-4-10-24-22(28)18-8-13-27(14-9-18)33(30,31)19-6-7-20-21(15-19)32-23(29)25(20)2/h6-7,15,17-18H,3-5,8-14,16H2,1-2H3,(H,24,28). The Morgan fingerprint density at radius 3 is 2.67 bits per heavy atom. The molecule has 1 atom stereocenters. The highest BCUT2D eigenvalue weighted by Crippen LogP contribution is 2.27. The van der Waals surface area contributed by atoms with Crippen LogP contribution in [0.25, 0.3) is 10.2 Å². The fourth-order valence-corrected chi connectivity index (χ4v) is 7.42. The van der Waals surface area contributed by atoms with Gasteiger partial charge in [-0.3, -0.25) is 9.59 Å². The number of piperidine rings is 2. The molecule has 0 aliphatic carbocycles. The second-order valence-corrected chi connectivity index (χ2v) is 12.4. The van der Waals surface area contributed by atoms with Crippen LogP contribution in [0.4, 0.5) is 0 Å². The molecule has 1 unspecified atom stereocenters. The van der Waals surface area contributed by atoms with Gasteiger partial charge in [0.25, 0.3) is 0 Å². The Balaban J connectivity index is 1.26. The first-order chi connectivity index (χ1) is 15.8. The maximum atomic E-state index is 13.1. The van der Waals surface area contributed by atoms with Crippen molar-refractivity contribution in [2.45, 2.75) is 43.9 Å². The summed E-state index contributed by atoms with van der Waals surface area (Å²) in [4.78, 5) is 27.0. The fourth-order valence-electron chi connectivity index (χ4n) is 4.93. The summed E-state index contributed by atoms with van der Waals surface area (Å²) in [6.45, 7) is 6.94. The molecule has 8 nitrogen and oxygen atoms in total. The minimum absolute atomic E-state index is 0.0366. The van der Waals surface area contributed by atoms with Gasteiger partial charge in [0.1, 0.15) is 0 Å². The molecule has 1 amide bonds. The van der Waals surface area contributed by atoms with Gasteiger partial charge in [-0.2, -0.15) is 4.31 Å². The first kappa shape index (κ1) is 24.4. The average Bonchev–Trinajstić information content (AvgIpc) is 3.09. The summed E-state index contributed by atoms with van der Waals surface area (Å²) >= 11 is 1.05. The number of hydrogen-bond acceptors (Lipinski definition) is 6. The molecule has 2 fully saturated rings. The van der Waals surface area contributed by atoms with Crippen LogP contribution in [0.2, 0.25) is 0 Å². The molecule has 2 aliphatic heterocycles. The molecule has 0 radical (unpaired) electrons. The van der Waals surface area contributed by atoms with Crippen LogP contribution in [0, 0.1) is 11.8 Å². The molecule has 10 heteroatoms. The van der Waals surface area contributed by atoms with Gasteiger partial charge in [0, 0.05) is 39.1 Å². The Labute approximate surface area is 199 Å². The lowest BCUT2D eigenvalue weighted by Gasteiger charge is -2.31. The second kappa shape index (κ2) is 10.2. The Hall–Kier alpha value is -1.75. The SMILES string of the molecule is CC1CCCN(CCCNC(=O)C2CCN(S(=O)(=O)c3ccc4c(c3)sc(=O)n4C)CC2)C1. The lowest BCUT2D eigenvalue weighted by atomic mass is 9.97. The molecule has 0 saturated carbocycles. The van der Waals surface area contributed by atoms with E-state index in [1.807, 2.05) is 0 Å². The number of carbonyl (C=O) groups is 1. The molecular formula is C23H34N4O4S2. The highest BCUT2D eigenvalue weighted by molar-refractivity contribution is 7.89. The first-order valence-electron chi connectivity index (χ1n) is 11.9. The fraction of sp³-hybridized carbons (Fsp3) is 0.652.